The van der Waals surface area contributed by atoms with Crippen LogP contribution in [0.1, 0.15) is 11.1 Å². The fraction of sp³-hybridized carbons (Fsp3) is 0.0303. The third-order valence-electron chi connectivity index (χ3n) is 6.99. The predicted molar refractivity (Wildman–Crippen MR) is 162 cm³/mol. The van der Waals surface area contributed by atoms with E-state index in [2.05, 4.69) is 20.6 Å². The minimum Gasteiger partial charge on any atom is -0.375 e. The Balaban J connectivity index is 1.40. The Kier molecular flexibility index (Phi) is 6.01. The van der Waals surface area contributed by atoms with Gasteiger partial charge < -0.3 is 8.75 Å². The minimum absolute atomic E-state index is 0.0330. The second-order valence-electron chi connectivity index (χ2n) is 9.60. The van der Waals surface area contributed by atoms with Gasteiger partial charge in [-0.15, -0.1) is 11.3 Å². The molecule has 42 heavy (non-hydrogen) atoms. The zero-order valence-electron chi connectivity index (χ0n) is 21.5. The van der Waals surface area contributed by atoms with Gasteiger partial charge in [0.05, 0.1) is 16.6 Å². The minimum atomic E-state index is -5.90. The summed E-state index contributed by atoms with van der Waals surface area (Å²) in [6.07, 6.45) is 0. The molecule has 0 saturated heterocycles. The van der Waals surface area contributed by atoms with Gasteiger partial charge in [-0.05, 0) is 48.5 Å². The van der Waals surface area contributed by atoms with Crippen molar-refractivity contribution in [3.05, 3.63) is 120 Å². The van der Waals surface area contributed by atoms with Crippen LogP contribution in [-0.4, -0.2) is 18.5 Å². The van der Waals surface area contributed by atoms with Crippen molar-refractivity contribution in [2.45, 2.75) is 5.51 Å². The van der Waals surface area contributed by atoms with Crippen LogP contribution in [0, 0.1) is 11.8 Å². The molecule has 7 aromatic rings. The number of hydrogen-bond donors (Lipinski definition) is 0. The Morgan fingerprint density at radius 3 is 2.14 bits per heavy atom. The van der Waals surface area contributed by atoms with Gasteiger partial charge in [0.2, 0.25) is 0 Å². The zero-order chi connectivity index (χ0) is 29.1. The molecule has 2 heterocycles. The highest BCUT2D eigenvalue weighted by Gasteiger charge is 2.48. The van der Waals surface area contributed by atoms with Gasteiger partial charge in [0.25, 0.3) is 0 Å². The molecule has 2 aromatic heterocycles. The molecule has 0 aliphatic heterocycles. The number of benzene rings is 5. The molecule has 206 valence electrons. The monoisotopic (exact) mass is 597 g/mol. The van der Waals surface area contributed by atoms with E-state index >= 15 is 0 Å². The lowest BCUT2D eigenvalue weighted by Crippen LogP contribution is -2.28. The van der Waals surface area contributed by atoms with Crippen molar-refractivity contribution in [1.29, 1.82) is 0 Å². The number of fused-ring (bicyclic) bond motifs is 6. The van der Waals surface area contributed by atoms with E-state index in [1.54, 1.807) is 6.07 Å². The third kappa shape index (κ3) is 4.36. The number of rotatable bonds is 3. The van der Waals surface area contributed by atoms with Crippen LogP contribution in [0.3, 0.4) is 0 Å². The molecule has 0 bridgehead atoms. The topological polar surface area (TPSA) is 48.3 Å². The lowest BCUT2D eigenvalue weighted by atomic mass is 10.1. The molecule has 0 unspecified atom stereocenters. The Bertz CT molecular complexity index is 2340. The molecule has 0 spiro atoms. The Morgan fingerprint density at radius 2 is 1.36 bits per heavy atom. The van der Waals surface area contributed by atoms with Crippen LogP contribution in [0.5, 0.6) is 5.75 Å². The number of nitrogens with zero attached hydrogens (tertiary/aromatic N) is 1. The third-order valence-corrected chi connectivity index (χ3v) is 9.09. The van der Waals surface area contributed by atoms with Crippen molar-refractivity contribution in [2.24, 2.45) is 0 Å². The van der Waals surface area contributed by atoms with Crippen molar-refractivity contribution in [2.75, 3.05) is 0 Å². The molecule has 7 rings (SSSR count). The summed E-state index contributed by atoms with van der Waals surface area (Å²) in [5.41, 5.74) is -1.94. The van der Waals surface area contributed by atoms with E-state index < -0.39 is 21.4 Å². The largest absolute Gasteiger partial charge is 0.534 e. The average molecular weight is 598 g/mol. The van der Waals surface area contributed by atoms with E-state index in [1.165, 1.54) is 17.4 Å². The highest BCUT2D eigenvalue weighted by molar-refractivity contribution is 7.88. The van der Waals surface area contributed by atoms with Crippen LogP contribution in [0.15, 0.2) is 109 Å². The second-order valence-corrected chi connectivity index (χ2v) is 12.2. The standard InChI is InChI=1S/C33H18F3NO3S2/c34-33(35,36)42(38,39)40-30-20-32-27(25-11-5-7-13-31(25)41-32)19-22(30)16-14-21-15-17-29-26(18-21)24-10-4-6-12-28(24)37(29)23-8-2-1-3-9-23/h1-13,15,17-20H. The Hall–Kier alpha value is -4.78. The molecule has 4 nitrogen and oxygen atoms in total. The molecule has 0 aliphatic rings. The molecule has 9 heteroatoms. The first-order chi connectivity index (χ1) is 20.2. The molecule has 0 radical (unpaired) electrons. The first-order valence-corrected chi connectivity index (χ1v) is 15.0. The molecule has 0 aliphatic carbocycles. The van der Waals surface area contributed by atoms with Gasteiger partial charge in [0, 0.05) is 48.3 Å². The summed E-state index contributed by atoms with van der Waals surface area (Å²) < 4.78 is 71.9. The number of para-hydroxylation sites is 2. The van der Waals surface area contributed by atoms with E-state index in [9.17, 15) is 21.6 Å². The zero-order valence-corrected chi connectivity index (χ0v) is 23.1. The molecule has 0 atom stereocenters. The summed E-state index contributed by atoms with van der Waals surface area (Å²) in [4.78, 5) is 0. The maximum Gasteiger partial charge on any atom is 0.534 e. The number of aromatic nitrogens is 1. The number of hydrogen-bond acceptors (Lipinski definition) is 4. The highest BCUT2D eigenvalue weighted by atomic mass is 32.2. The van der Waals surface area contributed by atoms with Crippen molar-refractivity contribution in [1.82, 2.24) is 4.57 Å². The molecule has 0 amide bonds. The van der Waals surface area contributed by atoms with Gasteiger partial charge in [-0.25, -0.2) is 0 Å². The summed E-state index contributed by atoms with van der Waals surface area (Å²) in [5.74, 6) is 5.45. The van der Waals surface area contributed by atoms with E-state index in [1.807, 2.05) is 97.1 Å². The van der Waals surface area contributed by atoms with Crippen molar-refractivity contribution < 1.29 is 25.8 Å². The van der Waals surface area contributed by atoms with Crippen LogP contribution in [0.25, 0.3) is 47.7 Å². The SMILES string of the molecule is O=S(=O)(Oc1cc2sc3ccccc3c2cc1C#Cc1ccc2c(c1)c1ccccc1n2-c1ccccc1)C(F)(F)F. The molecule has 0 saturated carbocycles. The molecular weight excluding hydrogens is 579 g/mol. The Labute approximate surface area is 242 Å². The van der Waals surface area contributed by atoms with E-state index in [-0.39, 0.29) is 5.56 Å². The maximum absolute atomic E-state index is 13.2. The number of thiophene rings is 1. The quantitative estimate of drug-likeness (QED) is 0.116. The van der Waals surface area contributed by atoms with Crippen LogP contribution >= 0.6 is 11.3 Å². The smallest absolute Gasteiger partial charge is 0.375 e. The van der Waals surface area contributed by atoms with Gasteiger partial charge in [-0.2, -0.15) is 21.6 Å². The summed E-state index contributed by atoms with van der Waals surface area (Å²) in [5, 5.41) is 3.61. The van der Waals surface area contributed by atoms with Crippen molar-refractivity contribution in [3.8, 4) is 23.3 Å². The molecule has 0 fully saturated rings. The van der Waals surface area contributed by atoms with Gasteiger partial charge in [0.15, 0.2) is 5.75 Å². The summed E-state index contributed by atoms with van der Waals surface area (Å²) in [6, 6.07) is 34.1. The van der Waals surface area contributed by atoms with Crippen LogP contribution in [-0.2, 0) is 10.1 Å². The first kappa shape index (κ1) is 26.1. The number of alkyl halides is 3. The fourth-order valence-corrected chi connectivity index (χ4v) is 6.72. The van der Waals surface area contributed by atoms with Gasteiger partial charge in [-0.1, -0.05) is 66.4 Å². The second kappa shape index (κ2) is 9.65. The lowest BCUT2D eigenvalue weighted by Gasteiger charge is -2.11. The molecule has 5 aromatic carbocycles. The van der Waals surface area contributed by atoms with Crippen LogP contribution in [0.2, 0.25) is 0 Å². The van der Waals surface area contributed by atoms with Crippen molar-refractivity contribution >= 4 is 63.4 Å². The van der Waals surface area contributed by atoms with E-state index in [0.717, 1.165) is 43.0 Å². The lowest BCUT2D eigenvalue weighted by molar-refractivity contribution is -0.0500. The fourth-order valence-electron chi connectivity index (χ4n) is 5.13. The summed E-state index contributed by atoms with van der Waals surface area (Å²) in [6.45, 7) is 0. The molecule has 0 N–H and O–H groups in total. The Morgan fingerprint density at radius 1 is 0.667 bits per heavy atom. The van der Waals surface area contributed by atoms with E-state index in [4.69, 9.17) is 0 Å². The van der Waals surface area contributed by atoms with Gasteiger partial charge >= 0.3 is 15.6 Å². The van der Waals surface area contributed by atoms with E-state index in [0.29, 0.717) is 10.3 Å². The first-order valence-electron chi connectivity index (χ1n) is 12.8. The summed E-state index contributed by atoms with van der Waals surface area (Å²) in [7, 11) is -5.90. The van der Waals surface area contributed by atoms with Gasteiger partial charge in [0.1, 0.15) is 0 Å². The van der Waals surface area contributed by atoms with Crippen molar-refractivity contribution in [3.63, 3.8) is 0 Å². The van der Waals surface area contributed by atoms with Gasteiger partial charge in [-0.3, -0.25) is 0 Å². The molecular formula is C33H18F3NO3S2. The summed E-state index contributed by atoms with van der Waals surface area (Å²) >= 11 is 1.33. The van der Waals surface area contributed by atoms with Crippen LogP contribution in [0.4, 0.5) is 13.2 Å². The average Bonchev–Trinajstić information content (AvgIpc) is 3.50. The highest BCUT2D eigenvalue weighted by Crippen LogP contribution is 2.39. The normalized spacial score (nSPS) is 12.2. The van der Waals surface area contributed by atoms with Crippen LogP contribution < -0.4 is 4.18 Å². The number of halogens is 3. The predicted octanol–water partition coefficient (Wildman–Crippen LogP) is 8.78. The maximum atomic E-state index is 13.2.